The quantitative estimate of drug-likeness (QED) is 0.403. The molecule has 1 aliphatic heterocycles. The number of hydrogen-bond donors (Lipinski definition) is 1. The number of hydrogen-bond acceptors (Lipinski definition) is 4. The van der Waals surface area contributed by atoms with Crippen molar-refractivity contribution in [1.29, 1.82) is 5.26 Å². The SMILES string of the molecule is [C-]#[N+]c1ccc([C@@H]2[C@@H](C(=O)Nc3ccc(F)c(C#N)c3)c3ccccc3C(=O)N2CC(F)(F)F)cn1. The van der Waals surface area contributed by atoms with Crippen molar-refractivity contribution in [3.63, 3.8) is 0 Å². The highest BCUT2D eigenvalue weighted by atomic mass is 19.4. The maximum Gasteiger partial charge on any atom is 0.406 e. The molecule has 0 saturated carbocycles. The van der Waals surface area contributed by atoms with Crippen LogP contribution in [0.2, 0.25) is 0 Å². The van der Waals surface area contributed by atoms with Crippen LogP contribution in [0.3, 0.4) is 0 Å². The number of nitriles is 1. The van der Waals surface area contributed by atoms with E-state index in [1.54, 1.807) is 12.1 Å². The number of carbonyl (C=O) groups is 2. The Morgan fingerprint density at radius 2 is 1.94 bits per heavy atom. The number of aromatic nitrogens is 1. The molecule has 2 heterocycles. The molecule has 0 saturated heterocycles. The lowest BCUT2D eigenvalue weighted by molar-refractivity contribution is -0.148. The largest absolute Gasteiger partial charge is 0.406 e. The average molecular weight is 493 g/mol. The summed E-state index contributed by atoms with van der Waals surface area (Å²) in [7, 11) is 0. The van der Waals surface area contributed by atoms with Crippen LogP contribution in [-0.4, -0.2) is 34.4 Å². The highest BCUT2D eigenvalue weighted by molar-refractivity contribution is 6.04. The van der Waals surface area contributed by atoms with E-state index < -0.39 is 42.3 Å². The third kappa shape index (κ3) is 4.72. The molecule has 2 atom stereocenters. The number of nitrogens with zero attached hydrogens (tertiary/aromatic N) is 4. The van der Waals surface area contributed by atoms with E-state index in [4.69, 9.17) is 11.8 Å². The number of rotatable bonds is 4. The van der Waals surface area contributed by atoms with Crippen molar-refractivity contribution < 1.29 is 27.2 Å². The normalized spacial score (nSPS) is 17.1. The highest BCUT2D eigenvalue weighted by Gasteiger charge is 2.48. The van der Waals surface area contributed by atoms with Crippen molar-refractivity contribution in [2.45, 2.75) is 18.1 Å². The van der Waals surface area contributed by atoms with E-state index in [2.05, 4.69) is 15.1 Å². The van der Waals surface area contributed by atoms with Crippen LogP contribution in [0, 0.1) is 23.7 Å². The molecule has 7 nitrogen and oxygen atoms in total. The van der Waals surface area contributed by atoms with Gasteiger partial charge in [0.15, 0.2) is 0 Å². The third-order valence-electron chi connectivity index (χ3n) is 5.65. The molecular weight excluding hydrogens is 478 g/mol. The zero-order chi connectivity index (χ0) is 26.0. The van der Waals surface area contributed by atoms with E-state index >= 15 is 0 Å². The first-order valence-electron chi connectivity index (χ1n) is 10.4. The van der Waals surface area contributed by atoms with Crippen LogP contribution >= 0.6 is 0 Å². The second-order valence-electron chi connectivity index (χ2n) is 7.92. The Bertz CT molecular complexity index is 1420. The van der Waals surface area contributed by atoms with Crippen LogP contribution in [0.4, 0.5) is 29.1 Å². The molecule has 0 aliphatic carbocycles. The van der Waals surface area contributed by atoms with E-state index in [0.29, 0.717) is 4.90 Å². The monoisotopic (exact) mass is 493 g/mol. The standard InChI is InChI=1S/C25H15F4N5O2/c1-31-20-9-6-14(12-32-20)22-21(23(35)33-16-7-8-19(26)15(10-16)11-30)17-4-2-3-5-18(17)24(36)34(22)13-25(27,28)29/h2-10,12,21-22H,13H2,(H,33,35)/t21-,22+/m0/s1. The second kappa shape index (κ2) is 9.47. The summed E-state index contributed by atoms with van der Waals surface area (Å²) < 4.78 is 54.5. The van der Waals surface area contributed by atoms with E-state index in [-0.39, 0.29) is 33.8 Å². The van der Waals surface area contributed by atoms with Gasteiger partial charge >= 0.3 is 6.18 Å². The van der Waals surface area contributed by atoms with Gasteiger partial charge < -0.3 is 15.1 Å². The predicted molar refractivity (Wildman–Crippen MR) is 119 cm³/mol. The smallest absolute Gasteiger partial charge is 0.361 e. The lowest BCUT2D eigenvalue weighted by atomic mass is 9.79. The Morgan fingerprint density at radius 3 is 2.58 bits per heavy atom. The Kier molecular flexibility index (Phi) is 6.41. The van der Waals surface area contributed by atoms with Gasteiger partial charge in [-0.2, -0.15) is 18.4 Å². The van der Waals surface area contributed by atoms with Crippen molar-refractivity contribution in [1.82, 2.24) is 9.88 Å². The lowest BCUT2D eigenvalue weighted by Crippen LogP contribution is -2.49. The van der Waals surface area contributed by atoms with E-state index in [0.717, 1.165) is 18.3 Å². The lowest BCUT2D eigenvalue weighted by Gasteiger charge is -2.41. The minimum absolute atomic E-state index is 0.0139. The fourth-order valence-electron chi connectivity index (χ4n) is 4.16. The first kappa shape index (κ1) is 24.4. The third-order valence-corrected chi connectivity index (χ3v) is 5.65. The molecule has 1 aromatic heterocycles. The van der Waals surface area contributed by atoms with Gasteiger partial charge in [-0.25, -0.2) is 4.39 Å². The molecule has 1 aliphatic rings. The van der Waals surface area contributed by atoms with Crippen LogP contribution in [0.1, 0.15) is 39.0 Å². The van der Waals surface area contributed by atoms with Crippen LogP contribution < -0.4 is 5.32 Å². The van der Waals surface area contributed by atoms with Gasteiger partial charge in [0, 0.05) is 16.8 Å². The van der Waals surface area contributed by atoms with Gasteiger partial charge in [-0.15, -0.1) is 4.98 Å². The number of halogens is 4. The summed E-state index contributed by atoms with van der Waals surface area (Å²) in [5, 5.41) is 11.6. The summed E-state index contributed by atoms with van der Waals surface area (Å²) in [6.45, 7) is 5.43. The van der Waals surface area contributed by atoms with Crippen molar-refractivity contribution in [3.8, 4) is 6.07 Å². The fraction of sp³-hybridized carbons (Fsp3) is 0.160. The first-order chi connectivity index (χ1) is 17.1. The Hall–Kier alpha value is -4.77. The maximum absolute atomic E-state index is 13.7. The van der Waals surface area contributed by atoms with E-state index in [9.17, 15) is 27.2 Å². The number of pyridine rings is 1. The van der Waals surface area contributed by atoms with Crippen molar-refractivity contribution in [2.24, 2.45) is 0 Å². The molecule has 2 aromatic carbocycles. The van der Waals surface area contributed by atoms with Crippen LogP contribution in [0.15, 0.2) is 60.8 Å². The number of carbonyl (C=O) groups excluding carboxylic acids is 2. The minimum atomic E-state index is -4.77. The molecule has 0 fully saturated rings. The summed E-state index contributed by atoms with van der Waals surface area (Å²) in [5.74, 6) is -3.83. The van der Waals surface area contributed by atoms with E-state index in [1.807, 2.05) is 0 Å². The summed E-state index contributed by atoms with van der Waals surface area (Å²) in [5.41, 5.74) is -0.0383. The van der Waals surface area contributed by atoms with Gasteiger partial charge in [0.2, 0.25) is 5.91 Å². The summed E-state index contributed by atoms with van der Waals surface area (Å²) in [6, 6.07) is 12.0. The first-order valence-corrected chi connectivity index (χ1v) is 10.4. The molecule has 1 N–H and O–H groups in total. The molecule has 11 heteroatoms. The van der Waals surface area contributed by atoms with Crippen molar-refractivity contribution in [3.05, 3.63) is 100 Å². The molecular formula is C25H15F4N5O2. The minimum Gasteiger partial charge on any atom is -0.361 e. The molecule has 0 spiro atoms. The second-order valence-corrected chi connectivity index (χ2v) is 7.92. The van der Waals surface area contributed by atoms with Gasteiger partial charge in [-0.1, -0.05) is 30.8 Å². The Labute approximate surface area is 202 Å². The molecule has 36 heavy (non-hydrogen) atoms. The number of nitrogens with one attached hydrogen (secondary N) is 1. The van der Waals surface area contributed by atoms with Gasteiger partial charge in [-0.05, 0) is 35.9 Å². The zero-order valence-corrected chi connectivity index (χ0v) is 18.3. The number of fused-ring (bicyclic) bond motifs is 1. The molecule has 3 aromatic rings. The number of benzene rings is 2. The molecule has 180 valence electrons. The molecule has 0 unspecified atom stereocenters. The molecule has 2 amide bonds. The average Bonchev–Trinajstić information content (AvgIpc) is 2.86. The van der Waals surface area contributed by atoms with Gasteiger partial charge in [0.05, 0.1) is 17.5 Å². The number of alkyl halides is 3. The van der Waals surface area contributed by atoms with Crippen molar-refractivity contribution >= 4 is 23.3 Å². The summed E-state index contributed by atoms with van der Waals surface area (Å²) in [6.07, 6.45) is -3.61. The predicted octanol–water partition coefficient (Wildman–Crippen LogP) is 5.12. The summed E-state index contributed by atoms with van der Waals surface area (Å²) >= 11 is 0. The number of amides is 2. The highest BCUT2D eigenvalue weighted by Crippen LogP contribution is 2.44. The fourth-order valence-corrected chi connectivity index (χ4v) is 4.16. The summed E-state index contributed by atoms with van der Waals surface area (Å²) in [4.78, 5) is 34.4. The van der Waals surface area contributed by atoms with Crippen LogP contribution in [0.25, 0.3) is 4.85 Å². The maximum atomic E-state index is 13.7. The van der Waals surface area contributed by atoms with Crippen LogP contribution in [0.5, 0.6) is 0 Å². The van der Waals surface area contributed by atoms with Gasteiger partial charge in [0.1, 0.15) is 24.6 Å². The zero-order valence-electron chi connectivity index (χ0n) is 18.3. The van der Waals surface area contributed by atoms with Crippen LogP contribution in [-0.2, 0) is 4.79 Å². The van der Waals surface area contributed by atoms with Gasteiger partial charge in [0.25, 0.3) is 11.7 Å². The Morgan fingerprint density at radius 1 is 1.19 bits per heavy atom. The van der Waals surface area contributed by atoms with Crippen molar-refractivity contribution in [2.75, 3.05) is 11.9 Å². The number of anilines is 1. The molecule has 0 bridgehead atoms. The van der Waals surface area contributed by atoms with Gasteiger partial charge in [-0.3, -0.25) is 9.59 Å². The molecule has 4 rings (SSSR count). The Balaban J connectivity index is 1.86. The topological polar surface area (TPSA) is 90.4 Å². The van der Waals surface area contributed by atoms with E-state index in [1.165, 1.54) is 36.4 Å². The molecule has 0 radical (unpaired) electrons.